The highest BCUT2D eigenvalue weighted by Gasteiger charge is 2.46. The lowest BCUT2D eigenvalue weighted by Gasteiger charge is -2.38. The molecule has 0 amide bonds. The molecule has 0 aromatic rings. The van der Waals surface area contributed by atoms with Crippen LogP contribution in [-0.4, -0.2) is 37.1 Å². The molecule has 0 aliphatic carbocycles. The SMILES string of the molecule is CC(C)(C)OC(=O)OC(=O)C1(CC=O)CNC1. The van der Waals surface area contributed by atoms with Crippen LogP contribution < -0.4 is 5.32 Å². The van der Waals surface area contributed by atoms with E-state index in [-0.39, 0.29) is 6.42 Å². The van der Waals surface area contributed by atoms with Gasteiger partial charge in [-0.15, -0.1) is 0 Å². The van der Waals surface area contributed by atoms with Crippen molar-refractivity contribution in [2.75, 3.05) is 13.1 Å². The third-order valence-electron chi connectivity index (χ3n) is 2.40. The zero-order valence-corrected chi connectivity index (χ0v) is 10.2. The van der Waals surface area contributed by atoms with Crippen LogP contribution in [-0.2, 0) is 19.1 Å². The lowest BCUT2D eigenvalue weighted by molar-refractivity contribution is -0.157. The molecule has 0 aromatic heterocycles. The van der Waals surface area contributed by atoms with Gasteiger partial charge in [0.05, 0.1) is 5.41 Å². The summed E-state index contributed by atoms with van der Waals surface area (Å²) in [5.74, 6) is -0.711. The maximum absolute atomic E-state index is 11.7. The van der Waals surface area contributed by atoms with E-state index in [0.29, 0.717) is 19.4 Å². The minimum Gasteiger partial charge on any atom is -0.428 e. The van der Waals surface area contributed by atoms with Crippen molar-refractivity contribution < 1.29 is 23.9 Å². The zero-order chi connectivity index (χ0) is 13.1. The van der Waals surface area contributed by atoms with Gasteiger partial charge < -0.3 is 19.6 Å². The van der Waals surface area contributed by atoms with Gasteiger partial charge in [0.1, 0.15) is 11.9 Å². The summed E-state index contributed by atoms with van der Waals surface area (Å²) in [6, 6.07) is 0. The van der Waals surface area contributed by atoms with Crippen molar-refractivity contribution in [3.63, 3.8) is 0 Å². The summed E-state index contributed by atoms with van der Waals surface area (Å²) in [4.78, 5) is 33.5. The van der Waals surface area contributed by atoms with Gasteiger partial charge in [0, 0.05) is 19.5 Å². The number of rotatable bonds is 3. The summed E-state index contributed by atoms with van der Waals surface area (Å²) in [7, 11) is 0. The van der Waals surface area contributed by atoms with E-state index in [9.17, 15) is 14.4 Å². The maximum Gasteiger partial charge on any atom is 0.516 e. The van der Waals surface area contributed by atoms with Crippen molar-refractivity contribution in [3.8, 4) is 0 Å². The van der Waals surface area contributed by atoms with Crippen LogP contribution >= 0.6 is 0 Å². The average Bonchev–Trinajstić information content (AvgIpc) is 2.07. The number of carbonyl (C=O) groups is 3. The Bertz CT molecular complexity index is 327. The molecule has 1 rings (SSSR count). The molecule has 6 heteroatoms. The van der Waals surface area contributed by atoms with Crippen molar-refractivity contribution in [1.82, 2.24) is 5.32 Å². The molecule has 1 saturated heterocycles. The smallest absolute Gasteiger partial charge is 0.428 e. The first-order chi connectivity index (χ1) is 7.79. The van der Waals surface area contributed by atoms with Crippen LogP contribution in [0.25, 0.3) is 0 Å². The standard InChI is InChI=1S/C11H17NO5/c1-10(2,3)17-9(15)16-8(14)11(4-5-13)6-12-7-11/h5,12H,4,6-7H2,1-3H3. The minimum atomic E-state index is -1.03. The van der Waals surface area contributed by atoms with Gasteiger partial charge in [0.2, 0.25) is 0 Å². The number of esters is 1. The number of nitrogens with one attached hydrogen (secondary N) is 1. The second-order valence-corrected chi connectivity index (χ2v) is 5.11. The molecule has 0 aromatic carbocycles. The molecular formula is C11H17NO5. The van der Waals surface area contributed by atoms with E-state index in [0.717, 1.165) is 0 Å². The number of ether oxygens (including phenoxy) is 2. The van der Waals surface area contributed by atoms with Crippen LogP contribution in [0.1, 0.15) is 27.2 Å². The van der Waals surface area contributed by atoms with Crippen LogP contribution in [0.2, 0.25) is 0 Å². The minimum absolute atomic E-state index is 0.0433. The second kappa shape index (κ2) is 4.83. The van der Waals surface area contributed by atoms with Gasteiger partial charge in [-0.05, 0) is 20.8 Å². The van der Waals surface area contributed by atoms with Crippen LogP contribution in [0.4, 0.5) is 4.79 Å². The summed E-state index contributed by atoms with van der Waals surface area (Å²) in [5.41, 5.74) is -1.62. The molecule has 96 valence electrons. The predicted octanol–water partition coefficient (Wildman–Crippen LogP) is 0.643. The highest BCUT2D eigenvalue weighted by molar-refractivity contribution is 5.89. The molecule has 1 aliphatic heterocycles. The van der Waals surface area contributed by atoms with Crippen molar-refractivity contribution in [3.05, 3.63) is 0 Å². The summed E-state index contributed by atoms with van der Waals surface area (Å²) >= 11 is 0. The molecule has 0 bridgehead atoms. The molecule has 0 saturated carbocycles. The first kappa shape index (κ1) is 13.6. The average molecular weight is 243 g/mol. The fourth-order valence-electron chi connectivity index (χ4n) is 1.41. The lowest BCUT2D eigenvalue weighted by Crippen LogP contribution is -2.59. The molecule has 17 heavy (non-hydrogen) atoms. The Kier molecular flexibility index (Phi) is 3.87. The van der Waals surface area contributed by atoms with E-state index in [2.05, 4.69) is 10.1 Å². The van der Waals surface area contributed by atoms with Crippen LogP contribution in [0.15, 0.2) is 0 Å². The van der Waals surface area contributed by atoms with Crippen molar-refractivity contribution in [2.24, 2.45) is 5.41 Å². The number of hydrogen-bond acceptors (Lipinski definition) is 6. The van der Waals surface area contributed by atoms with Crippen molar-refractivity contribution >= 4 is 18.4 Å². The van der Waals surface area contributed by atoms with Gasteiger partial charge in [0.25, 0.3) is 0 Å². The summed E-state index contributed by atoms with van der Waals surface area (Å²) < 4.78 is 9.45. The van der Waals surface area contributed by atoms with E-state index in [4.69, 9.17) is 4.74 Å². The molecule has 0 spiro atoms. The van der Waals surface area contributed by atoms with Crippen LogP contribution in [0.5, 0.6) is 0 Å². The van der Waals surface area contributed by atoms with Gasteiger partial charge in [-0.3, -0.25) is 4.79 Å². The summed E-state index contributed by atoms with van der Waals surface area (Å²) in [6.45, 7) is 5.70. The maximum atomic E-state index is 11.7. The molecule has 1 aliphatic rings. The van der Waals surface area contributed by atoms with Gasteiger partial charge in [-0.1, -0.05) is 0 Å². The largest absolute Gasteiger partial charge is 0.516 e. The third-order valence-corrected chi connectivity index (χ3v) is 2.40. The molecule has 0 atom stereocenters. The normalized spacial score (nSPS) is 17.8. The van der Waals surface area contributed by atoms with Gasteiger partial charge >= 0.3 is 12.1 Å². The van der Waals surface area contributed by atoms with Crippen molar-refractivity contribution in [1.29, 1.82) is 0 Å². The second-order valence-electron chi connectivity index (χ2n) is 5.11. The quantitative estimate of drug-likeness (QED) is 0.445. The number of hydrogen-bond donors (Lipinski definition) is 1. The van der Waals surface area contributed by atoms with Gasteiger partial charge in [-0.25, -0.2) is 4.79 Å². The number of carbonyl (C=O) groups excluding carboxylic acids is 3. The molecule has 0 unspecified atom stereocenters. The monoisotopic (exact) mass is 243 g/mol. The Morgan fingerprint density at radius 3 is 2.29 bits per heavy atom. The van der Waals surface area contributed by atoms with Gasteiger partial charge in [0.15, 0.2) is 0 Å². The molecular weight excluding hydrogens is 226 g/mol. The predicted molar refractivity (Wildman–Crippen MR) is 58.3 cm³/mol. The first-order valence-corrected chi connectivity index (χ1v) is 5.39. The van der Waals surface area contributed by atoms with Gasteiger partial charge in [-0.2, -0.15) is 0 Å². The number of aldehydes is 1. The molecule has 1 heterocycles. The highest BCUT2D eigenvalue weighted by Crippen LogP contribution is 2.28. The Hall–Kier alpha value is -1.43. The zero-order valence-electron chi connectivity index (χ0n) is 10.2. The van der Waals surface area contributed by atoms with Crippen molar-refractivity contribution in [2.45, 2.75) is 32.8 Å². The molecule has 1 N–H and O–H groups in total. The van der Waals surface area contributed by atoms with E-state index in [1.807, 2.05) is 0 Å². The molecule has 0 radical (unpaired) electrons. The third kappa shape index (κ3) is 3.52. The molecule has 6 nitrogen and oxygen atoms in total. The fraction of sp³-hybridized carbons (Fsp3) is 0.727. The van der Waals surface area contributed by atoms with Crippen LogP contribution in [0, 0.1) is 5.41 Å². The highest BCUT2D eigenvalue weighted by atomic mass is 16.7. The fourth-order valence-corrected chi connectivity index (χ4v) is 1.41. The molecule has 1 fully saturated rings. The van der Waals surface area contributed by atoms with E-state index >= 15 is 0 Å². The first-order valence-electron chi connectivity index (χ1n) is 5.39. The lowest BCUT2D eigenvalue weighted by atomic mass is 9.79. The summed E-state index contributed by atoms with van der Waals surface area (Å²) in [6.07, 6.45) is -0.335. The Labute approximate surface area is 99.6 Å². The Balaban J connectivity index is 2.53. The van der Waals surface area contributed by atoms with E-state index in [1.165, 1.54) is 0 Å². The Morgan fingerprint density at radius 2 is 1.94 bits per heavy atom. The Morgan fingerprint density at radius 1 is 1.35 bits per heavy atom. The van der Waals surface area contributed by atoms with E-state index in [1.54, 1.807) is 20.8 Å². The topological polar surface area (TPSA) is 81.7 Å². The van der Waals surface area contributed by atoms with Crippen LogP contribution in [0.3, 0.4) is 0 Å². The van der Waals surface area contributed by atoms with E-state index < -0.39 is 23.1 Å². The summed E-state index contributed by atoms with van der Waals surface area (Å²) in [5, 5.41) is 2.88.